The van der Waals surface area contributed by atoms with Gasteiger partial charge in [0, 0.05) is 5.92 Å². The van der Waals surface area contributed by atoms with Gasteiger partial charge in [-0.3, -0.25) is 4.79 Å². The second-order valence-electron chi connectivity index (χ2n) is 14.7. The summed E-state index contributed by atoms with van der Waals surface area (Å²) in [5, 5.41) is 10.8. The molecule has 0 bridgehead atoms. The number of cyclic esters (lactones) is 1. The van der Waals surface area contributed by atoms with Crippen LogP contribution in [0.1, 0.15) is 119 Å². The lowest BCUT2D eigenvalue weighted by Gasteiger charge is -2.66. The zero-order chi connectivity index (χ0) is 24.0. The van der Waals surface area contributed by atoms with Crippen LogP contribution in [0.15, 0.2) is 0 Å². The highest BCUT2D eigenvalue weighted by molar-refractivity contribution is 5.82. The van der Waals surface area contributed by atoms with Crippen molar-refractivity contribution in [3.63, 3.8) is 0 Å². The smallest absolute Gasteiger partial charge is 0.313 e. The van der Waals surface area contributed by atoms with Crippen LogP contribution >= 0.6 is 0 Å². The topological polar surface area (TPSA) is 46.5 Å². The molecule has 33 heavy (non-hydrogen) atoms. The number of hydrogen-bond acceptors (Lipinski definition) is 3. The summed E-state index contributed by atoms with van der Waals surface area (Å²) in [4.78, 5) is 13.9. The molecule has 188 valence electrons. The molecule has 1 heterocycles. The summed E-state index contributed by atoms with van der Waals surface area (Å²) in [5.41, 5.74) is -0.172. The van der Waals surface area contributed by atoms with Crippen LogP contribution in [0, 0.1) is 51.2 Å². The molecule has 1 N–H and O–H groups in total. The molecule has 4 aliphatic carbocycles. The molecule has 1 saturated heterocycles. The normalized spacial score (nSPS) is 52.6. The van der Waals surface area contributed by atoms with Gasteiger partial charge in [-0.15, -0.1) is 0 Å². The predicted molar refractivity (Wildman–Crippen MR) is 133 cm³/mol. The van der Waals surface area contributed by atoms with Gasteiger partial charge < -0.3 is 9.84 Å². The maximum atomic E-state index is 13.9. The molecule has 5 fully saturated rings. The number of hydrogen-bond donors (Lipinski definition) is 1. The number of ether oxygens (including phenoxy) is 1. The van der Waals surface area contributed by atoms with Gasteiger partial charge in [0.15, 0.2) is 0 Å². The number of rotatable bonds is 4. The SMILES string of the molecule is CC(C)CCC[C@]1(C)OC(=O)[C@]23CC[C@H]4[C@@H](CC[C@H]5C(C)(C)[C@@H](O)CC[C@]45C)[C@]2(C)CC[C@@H]31. The monoisotopic (exact) mass is 458 g/mol. The van der Waals surface area contributed by atoms with Gasteiger partial charge in [0.1, 0.15) is 5.60 Å². The molecular formula is C30H50O3. The molecule has 0 aromatic heterocycles. The Labute approximate surface area is 202 Å². The van der Waals surface area contributed by atoms with E-state index in [0.717, 1.165) is 38.5 Å². The first kappa shape index (κ1) is 24.1. The fraction of sp³-hybridized carbons (Fsp3) is 0.967. The fourth-order valence-electron chi connectivity index (χ4n) is 11.0. The van der Waals surface area contributed by atoms with Crippen molar-refractivity contribution < 1.29 is 14.6 Å². The number of esters is 1. The molecule has 3 nitrogen and oxygen atoms in total. The van der Waals surface area contributed by atoms with Crippen molar-refractivity contribution in [1.29, 1.82) is 0 Å². The number of carbonyl (C=O) groups is 1. The van der Waals surface area contributed by atoms with Gasteiger partial charge in [-0.2, -0.15) is 0 Å². The average molecular weight is 459 g/mol. The molecule has 5 aliphatic rings. The van der Waals surface area contributed by atoms with E-state index in [9.17, 15) is 9.90 Å². The summed E-state index contributed by atoms with van der Waals surface area (Å²) in [6.45, 7) is 16.5. The molecule has 9 atom stereocenters. The lowest BCUT2D eigenvalue weighted by molar-refractivity contribution is -0.203. The van der Waals surface area contributed by atoms with Gasteiger partial charge in [-0.1, -0.05) is 48.0 Å². The summed E-state index contributed by atoms with van der Waals surface area (Å²) in [6, 6.07) is 0. The van der Waals surface area contributed by atoms with Crippen LogP contribution in [0.25, 0.3) is 0 Å². The van der Waals surface area contributed by atoms with Crippen molar-refractivity contribution in [3.8, 4) is 0 Å². The van der Waals surface area contributed by atoms with Gasteiger partial charge in [0.05, 0.1) is 11.5 Å². The third kappa shape index (κ3) is 2.99. The van der Waals surface area contributed by atoms with Crippen LogP contribution in [-0.2, 0) is 9.53 Å². The number of aliphatic hydroxyl groups is 1. The highest BCUT2D eigenvalue weighted by Crippen LogP contribution is 2.77. The average Bonchev–Trinajstić information content (AvgIpc) is 3.16. The Morgan fingerprint density at radius 1 is 0.909 bits per heavy atom. The summed E-state index contributed by atoms with van der Waals surface area (Å²) in [6.07, 6.45) is 12.3. The zero-order valence-corrected chi connectivity index (χ0v) is 22.5. The van der Waals surface area contributed by atoms with Crippen molar-refractivity contribution >= 4 is 5.97 Å². The van der Waals surface area contributed by atoms with Crippen molar-refractivity contribution in [3.05, 3.63) is 0 Å². The Balaban J connectivity index is 1.46. The molecule has 0 aromatic rings. The summed E-state index contributed by atoms with van der Waals surface area (Å²) < 4.78 is 6.41. The molecule has 1 spiro atoms. The van der Waals surface area contributed by atoms with Gasteiger partial charge in [-0.25, -0.2) is 0 Å². The van der Waals surface area contributed by atoms with Crippen molar-refractivity contribution in [2.24, 2.45) is 51.2 Å². The van der Waals surface area contributed by atoms with Crippen molar-refractivity contribution in [1.82, 2.24) is 0 Å². The largest absolute Gasteiger partial charge is 0.459 e. The first-order chi connectivity index (χ1) is 15.3. The van der Waals surface area contributed by atoms with E-state index in [1.807, 2.05) is 0 Å². The van der Waals surface area contributed by atoms with Crippen LogP contribution in [0.3, 0.4) is 0 Å². The lowest BCUT2D eigenvalue weighted by atomic mass is 9.38. The number of carbonyl (C=O) groups excluding carboxylic acids is 1. The lowest BCUT2D eigenvalue weighted by Crippen LogP contribution is -2.62. The van der Waals surface area contributed by atoms with Crippen molar-refractivity contribution in [2.75, 3.05) is 0 Å². The molecule has 3 heteroatoms. The van der Waals surface area contributed by atoms with E-state index < -0.39 is 0 Å². The third-order valence-corrected chi connectivity index (χ3v) is 12.7. The van der Waals surface area contributed by atoms with Gasteiger partial charge in [0.2, 0.25) is 0 Å². The Kier molecular flexibility index (Phi) is 5.46. The summed E-state index contributed by atoms with van der Waals surface area (Å²) in [5.74, 6) is 3.14. The van der Waals surface area contributed by atoms with Gasteiger partial charge in [-0.05, 0) is 111 Å². The zero-order valence-electron chi connectivity index (χ0n) is 22.5. The Hall–Kier alpha value is -0.570. The second kappa shape index (κ2) is 7.47. The molecule has 0 unspecified atom stereocenters. The molecule has 0 radical (unpaired) electrons. The van der Waals surface area contributed by atoms with E-state index in [1.165, 1.54) is 32.1 Å². The van der Waals surface area contributed by atoms with Crippen LogP contribution in [0.4, 0.5) is 0 Å². The number of fused-ring (bicyclic) bond motifs is 4. The first-order valence-corrected chi connectivity index (χ1v) is 14.2. The Morgan fingerprint density at radius 2 is 1.64 bits per heavy atom. The Morgan fingerprint density at radius 3 is 2.33 bits per heavy atom. The minimum Gasteiger partial charge on any atom is -0.459 e. The van der Waals surface area contributed by atoms with E-state index in [2.05, 4.69) is 48.5 Å². The summed E-state index contributed by atoms with van der Waals surface area (Å²) in [7, 11) is 0. The number of aliphatic hydroxyl groups excluding tert-OH is 1. The molecule has 4 saturated carbocycles. The highest BCUT2D eigenvalue weighted by Gasteiger charge is 2.77. The standard InChI is InChI=1S/C30H50O3/c1-19(2)9-8-15-29(7)23-13-17-28(6)21-10-11-22-26(3,4)24(31)14-16-27(22,5)20(21)12-18-30(23,28)25(32)33-29/h19-24,31H,8-18H2,1-7H3/t20-,21+,22-,23+,24-,27+,28-,29-,30+/m0/s1. The first-order valence-electron chi connectivity index (χ1n) is 14.2. The van der Waals surface area contributed by atoms with Gasteiger partial charge >= 0.3 is 5.97 Å². The Bertz CT molecular complexity index is 802. The molecule has 0 aromatic carbocycles. The molecule has 1 aliphatic heterocycles. The van der Waals surface area contributed by atoms with Crippen LogP contribution < -0.4 is 0 Å². The quantitative estimate of drug-likeness (QED) is 0.455. The maximum absolute atomic E-state index is 13.9. The highest BCUT2D eigenvalue weighted by atomic mass is 16.6. The summed E-state index contributed by atoms with van der Waals surface area (Å²) >= 11 is 0. The maximum Gasteiger partial charge on any atom is 0.313 e. The van der Waals surface area contributed by atoms with Crippen LogP contribution in [-0.4, -0.2) is 22.8 Å². The minimum absolute atomic E-state index is 0.00645. The van der Waals surface area contributed by atoms with Crippen LogP contribution in [0.2, 0.25) is 0 Å². The van der Waals surface area contributed by atoms with E-state index in [4.69, 9.17) is 4.74 Å². The van der Waals surface area contributed by atoms with E-state index >= 15 is 0 Å². The third-order valence-electron chi connectivity index (χ3n) is 12.7. The second-order valence-corrected chi connectivity index (χ2v) is 14.7. The molecule has 0 amide bonds. The predicted octanol–water partition coefficient (Wildman–Crippen LogP) is 7.15. The van der Waals surface area contributed by atoms with E-state index in [-0.39, 0.29) is 39.3 Å². The van der Waals surface area contributed by atoms with Crippen LogP contribution in [0.5, 0.6) is 0 Å². The van der Waals surface area contributed by atoms with E-state index in [1.54, 1.807) is 0 Å². The van der Waals surface area contributed by atoms with Gasteiger partial charge in [0.25, 0.3) is 0 Å². The van der Waals surface area contributed by atoms with E-state index in [0.29, 0.717) is 29.6 Å². The van der Waals surface area contributed by atoms with Crippen molar-refractivity contribution in [2.45, 2.75) is 131 Å². The molecule has 5 rings (SSSR count). The minimum atomic E-state index is -0.269. The molecular weight excluding hydrogens is 408 g/mol. The fourth-order valence-corrected chi connectivity index (χ4v) is 11.0.